The second kappa shape index (κ2) is 7.11. The van der Waals surface area contributed by atoms with Crippen LogP contribution in [-0.4, -0.2) is 27.9 Å². The number of aromatic nitrogens is 3. The third kappa shape index (κ3) is 3.15. The Labute approximate surface area is 172 Å². The van der Waals surface area contributed by atoms with Crippen molar-refractivity contribution in [3.63, 3.8) is 0 Å². The van der Waals surface area contributed by atoms with Gasteiger partial charge >= 0.3 is 0 Å². The van der Waals surface area contributed by atoms with Crippen molar-refractivity contribution in [1.29, 1.82) is 5.26 Å². The maximum Gasteiger partial charge on any atom is 0.213 e. The van der Waals surface area contributed by atoms with Gasteiger partial charge in [0.25, 0.3) is 0 Å². The Hall–Kier alpha value is -3.57. The molecule has 1 aliphatic rings. The number of nitrogens with two attached hydrogens (primary N) is 1. The molecule has 4 aromatic rings. The molecule has 144 valence electrons. The maximum atomic E-state index is 9.66. The van der Waals surface area contributed by atoms with E-state index < -0.39 is 0 Å². The number of hydrogen-bond donors (Lipinski definition) is 2. The molecule has 0 radical (unpaired) electrons. The number of benzene rings is 2. The first kappa shape index (κ1) is 17.5. The topological polar surface area (TPSA) is 95.8 Å². The number of fused-ring (bicyclic) bond motifs is 1. The average Bonchev–Trinajstić information content (AvgIpc) is 3.47. The second-order valence-electron chi connectivity index (χ2n) is 6.97. The van der Waals surface area contributed by atoms with Gasteiger partial charge in [-0.15, -0.1) is 5.10 Å². The molecular weight excluding hydrogens is 382 g/mol. The summed E-state index contributed by atoms with van der Waals surface area (Å²) in [4.78, 5) is 6.97. The lowest BCUT2D eigenvalue weighted by molar-refractivity contribution is 0.887. The quantitative estimate of drug-likeness (QED) is 0.530. The van der Waals surface area contributed by atoms with Crippen molar-refractivity contribution in [2.24, 2.45) is 0 Å². The normalized spacial score (nSPS) is 13.7. The summed E-state index contributed by atoms with van der Waals surface area (Å²) in [5, 5.41) is 18.1. The van der Waals surface area contributed by atoms with Crippen LogP contribution in [0, 0.1) is 11.3 Å². The Bertz CT molecular complexity index is 1190. The predicted molar refractivity (Wildman–Crippen MR) is 117 cm³/mol. The van der Waals surface area contributed by atoms with E-state index >= 15 is 0 Å². The smallest absolute Gasteiger partial charge is 0.213 e. The molecule has 0 bridgehead atoms. The van der Waals surface area contributed by atoms with Gasteiger partial charge in [-0.05, 0) is 43.2 Å². The molecule has 2 aromatic heterocycles. The molecule has 29 heavy (non-hydrogen) atoms. The first-order valence-electron chi connectivity index (χ1n) is 9.49. The van der Waals surface area contributed by atoms with Crippen LogP contribution in [-0.2, 0) is 0 Å². The summed E-state index contributed by atoms with van der Waals surface area (Å²) in [6.45, 7) is 2.15. The van der Waals surface area contributed by atoms with Crippen LogP contribution >= 0.6 is 11.3 Å². The van der Waals surface area contributed by atoms with Crippen molar-refractivity contribution >= 4 is 44.6 Å². The molecule has 0 amide bonds. The number of anilines is 4. The summed E-state index contributed by atoms with van der Waals surface area (Å²) in [7, 11) is 0. The number of nitrogen functional groups attached to an aromatic ring is 1. The first-order valence-corrected chi connectivity index (χ1v) is 10.3. The highest BCUT2D eigenvalue weighted by Crippen LogP contribution is 2.32. The van der Waals surface area contributed by atoms with Crippen molar-refractivity contribution in [3.8, 4) is 11.2 Å². The fourth-order valence-electron chi connectivity index (χ4n) is 3.62. The van der Waals surface area contributed by atoms with Gasteiger partial charge in [-0.25, -0.2) is 4.98 Å². The number of para-hydroxylation sites is 1. The van der Waals surface area contributed by atoms with Gasteiger partial charge in [-0.2, -0.15) is 9.94 Å². The monoisotopic (exact) mass is 401 g/mol. The van der Waals surface area contributed by atoms with E-state index in [1.54, 1.807) is 0 Å². The minimum Gasteiger partial charge on any atom is -0.382 e. The molecule has 0 atom stereocenters. The molecule has 1 saturated heterocycles. The van der Waals surface area contributed by atoms with Gasteiger partial charge in [-0.1, -0.05) is 29.5 Å². The third-order valence-electron chi connectivity index (χ3n) is 5.08. The predicted octanol–water partition coefficient (Wildman–Crippen LogP) is 4.28. The van der Waals surface area contributed by atoms with E-state index in [2.05, 4.69) is 38.5 Å². The summed E-state index contributed by atoms with van der Waals surface area (Å²) < 4.78 is 2.58. The summed E-state index contributed by atoms with van der Waals surface area (Å²) in [6, 6.07) is 18.2. The van der Waals surface area contributed by atoms with Crippen LogP contribution in [0.4, 0.5) is 23.0 Å². The Morgan fingerprint density at radius 2 is 1.93 bits per heavy atom. The van der Waals surface area contributed by atoms with Gasteiger partial charge in [-0.3, -0.25) is 0 Å². The molecule has 0 spiro atoms. The molecule has 2 aromatic carbocycles. The summed E-state index contributed by atoms with van der Waals surface area (Å²) >= 11 is 1.49. The fourth-order valence-corrected chi connectivity index (χ4v) is 4.55. The van der Waals surface area contributed by atoms with Gasteiger partial charge < -0.3 is 16.0 Å². The fraction of sp³-hybridized carbons (Fsp3) is 0.190. The molecular formula is C21H19N7S. The van der Waals surface area contributed by atoms with Crippen molar-refractivity contribution in [2.45, 2.75) is 12.8 Å². The maximum absolute atomic E-state index is 9.66. The zero-order valence-corrected chi connectivity index (χ0v) is 16.5. The molecule has 1 aliphatic heterocycles. The minimum atomic E-state index is 0.282. The summed E-state index contributed by atoms with van der Waals surface area (Å²) in [6.07, 6.45) is 2.44. The SMILES string of the molecule is N#Cc1c(Nc2cccc(N3CCCC3)c2)nn(-c2nc3ccccc3s2)c1N. The standard InChI is InChI=1S/C21H19N7S/c22-13-16-19(23)28(21-25-17-8-1-2-9-18(17)29-21)26-20(16)24-14-6-5-7-15(12-14)27-10-3-4-11-27/h1-2,5-9,12H,3-4,10-11,23H2,(H,24,26). The van der Waals surface area contributed by atoms with Crippen LogP contribution in [0.25, 0.3) is 15.3 Å². The molecule has 0 aliphatic carbocycles. The van der Waals surface area contributed by atoms with Gasteiger partial charge in [0.2, 0.25) is 5.13 Å². The van der Waals surface area contributed by atoms with Gasteiger partial charge in [0, 0.05) is 24.5 Å². The van der Waals surface area contributed by atoms with Gasteiger partial charge in [0.05, 0.1) is 10.2 Å². The molecule has 0 unspecified atom stereocenters. The molecule has 8 heteroatoms. The number of nitrogens with one attached hydrogen (secondary N) is 1. The zero-order valence-electron chi connectivity index (χ0n) is 15.7. The van der Waals surface area contributed by atoms with Crippen LogP contribution in [0.5, 0.6) is 0 Å². The minimum absolute atomic E-state index is 0.282. The molecule has 5 rings (SSSR count). The Kier molecular flexibility index (Phi) is 4.30. The third-order valence-corrected chi connectivity index (χ3v) is 6.09. The Morgan fingerprint density at radius 3 is 2.72 bits per heavy atom. The highest BCUT2D eigenvalue weighted by atomic mass is 32.1. The van der Waals surface area contributed by atoms with E-state index in [1.807, 2.05) is 36.4 Å². The van der Waals surface area contributed by atoms with Crippen molar-refractivity contribution in [3.05, 3.63) is 54.1 Å². The molecule has 3 N–H and O–H groups in total. The highest BCUT2D eigenvalue weighted by Gasteiger charge is 2.20. The van der Waals surface area contributed by atoms with Crippen molar-refractivity contribution in [2.75, 3.05) is 29.0 Å². The lowest BCUT2D eigenvalue weighted by Gasteiger charge is -2.18. The lowest BCUT2D eigenvalue weighted by Crippen LogP contribution is -2.17. The average molecular weight is 401 g/mol. The van der Waals surface area contributed by atoms with Crippen LogP contribution < -0.4 is 16.0 Å². The molecule has 1 fully saturated rings. The van der Waals surface area contributed by atoms with Crippen molar-refractivity contribution in [1.82, 2.24) is 14.8 Å². The van der Waals surface area contributed by atoms with E-state index in [1.165, 1.54) is 34.5 Å². The number of thiazole rings is 1. The van der Waals surface area contributed by atoms with E-state index in [-0.39, 0.29) is 5.82 Å². The van der Waals surface area contributed by atoms with E-state index in [0.29, 0.717) is 16.5 Å². The number of rotatable bonds is 4. The molecule has 0 saturated carbocycles. The second-order valence-corrected chi connectivity index (χ2v) is 7.98. The van der Waals surface area contributed by atoms with E-state index in [9.17, 15) is 5.26 Å². The van der Waals surface area contributed by atoms with Crippen molar-refractivity contribution < 1.29 is 0 Å². The van der Waals surface area contributed by atoms with E-state index in [0.717, 1.165) is 29.0 Å². The van der Waals surface area contributed by atoms with Gasteiger partial charge in [0.1, 0.15) is 17.5 Å². The number of hydrogen-bond acceptors (Lipinski definition) is 7. The van der Waals surface area contributed by atoms with Gasteiger partial charge in [0.15, 0.2) is 5.82 Å². The lowest BCUT2D eigenvalue weighted by atomic mass is 10.2. The van der Waals surface area contributed by atoms with Crippen LogP contribution in [0.3, 0.4) is 0 Å². The first-order chi connectivity index (χ1) is 14.2. The van der Waals surface area contributed by atoms with Crippen LogP contribution in [0.2, 0.25) is 0 Å². The largest absolute Gasteiger partial charge is 0.382 e. The van der Waals surface area contributed by atoms with Crippen LogP contribution in [0.1, 0.15) is 18.4 Å². The van der Waals surface area contributed by atoms with E-state index in [4.69, 9.17) is 5.73 Å². The van der Waals surface area contributed by atoms with Crippen LogP contribution in [0.15, 0.2) is 48.5 Å². The molecule has 3 heterocycles. The summed E-state index contributed by atoms with van der Waals surface area (Å²) in [5.74, 6) is 0.715. The summed E-state index contributed by atoms with van der Waals surface area (Å²) in [5.41, 5.74) is 9.49. The Balaban J connectivity index is 1.50. The zero-order chi connectivity index (χ0) is 19.8. The highest BCUT2D eigenvalue weighted by molar-refractivity contribution is 7.20. The number of nitriles is 1. The number of nitrogens with zero attached hydrogens (tertiary/aromatic N) is 5. The Morgan fingerprint density at radius 1 is 1.10 bits per heavy atom. The molecule has 7 nitrogen and oxygen atoms in total.